The third-order valence-corrected chi connectivity index (χ3v) is 2.37. The Morgan fingerprint density at radius 2 is 2.18 bits per heavy atom. The van der Waals surface area contributed by atoms with Crippen LogP contribution in [0.5, 0.6) is 0 Å². The number of nitrogens with one attached hydrogen (secondary N) is 1. The first-order valence-corrected chi connectivity index (χ1v) is 5.34. The Balaban J connectivity index is 2.06. The van der Waals surface area contributed by atoms with Gasteiger partial charge >= 0.3 is 0 Å². The van der Waals surface area contributed by atoms with Gasteiger partial charge in [-0.3, -0.25) is 4.99 Å². The lowest BCUT2D eigenvalue weighted by molar-refractivity contribution is 0.875. The fourth-order valence-corrected chi connectivity index (χ4v) is 1.44. The molecule has 0 aliphatic rings. The van der Waals surface area contributed by atoms with E-state index >= 15 is 0 Å². The average molecular weight is 229 g/mol. The normalized spacial score (nSPS) is 11.5. The molecule has 0 spiro atoms. The van der Waals surface area contributed by atoms with Gasteiger partial charge in [-0.05, 0) is 12.1 Å². The lowest BCUT2D eigenvalue weighted by atomic mass is 10.3. The minimum atomic E-state index is 0.428. The molecule has 88 valence electrons. The van der Waals surface area contributed by atoms with E-state index in [2.05, 4.69) is 15.4 Å². The summed E-state index contributed by atoms with van der Waals surface area (Å²) in [6.45, 7) is 0.621. The Hall–Kier alpha value is -2.30. The molecule has 1 aromatic carbocycles. The first-order chi connectivity index (χ1) is 8.29. The number of para-hydroxylation sites is 1. The molecule has 0 saturated heterocycles. The number of aliphatic imine (C=N–C) groups is 1. The molecule has 0 amide bonds. The standard InChI is InChI=1S/C12H15N5/c1-14-12(13)15-7-10-8-16-17(9-10)11-5-3-2-4-6-11/h2-6,8-9H,7H2,1H3,(H3,13,14,15). The topological polar surface area (TPSA) is 68.2 Å². The van der Waals surface area contributed by atoms with Crippen LogP contribution < -0.4 is 11.1 Å². The molecule has 0 bridgehead atoms. The molecule has 5 heteroatoms. The quantitative estimate of drug-likeness (QED) is 0.607. The van der Waals surface area contributed by atoms with E-state index in [9.17, 15) is 0 Å². The number of hydrogen-bond donors (Lipinski definition) is 2. The predicted octanol–water partition coefficient (Wildman–Crippen LogP) is 0.906. The maximum absolute atomic E-state index is 5.55. The van der Waals surface area contributed by atoms with Crippen molar-refractivity contribution in [3.05, 3.63) is 48.3 Å². The summed E-state index contributed by atoms with van der Waals surface area (Å²) in [5, 5.41) is 7.27. The fraction of sp³-hybridized carbons (Fsp3) is 0.167. The Morgan fingerprint density at radius 3 is 2.88 bits per heavy atom. The monoisotopic (exact) mass is 229 g/mol. The van der Waals surface area contributed by atoms with Crippen molar-refractivity contribution < 1.29 is 0 Å². The molecule has 0 radical (unpaired) electrons. The van der Waals surface area contributed by atoms with Gasteiger partial charge in [0.2, 0.25) is 0 Å². The van der Waals surface area contributed by atoms with E-state index < -0.39 is 0 Å². The number of nitrogens with zero attached hydrogens (tertiary/aromatic N) is 3. The summed E-state index contributed by atoms with van der Waals surface area (Å²) >= 11 is 0. The molecule has 0 atom stereocenters. The van der Waals surface area contributed by atoms with Crippen LogP contribution in [0.4, 0.5) is 0 Å². The molecule has 1 aromatic heterocycles. The molecule has 2 aromatic rings. The second kappa shape index (κ2) is 5.16. The fourth-order valence-electron chi connectivity index (χ4n) is 1.44. The Bertz CT molecular complexity index is 501. The van der Waals surface area contributed by atoms with Gasteiger partial charge in [0.15, 0.2) is 5.96 Å². The van der Waals surface area contributed by atoms with Gasteiger partial charge in [0.05, 0.1) is 11.9 Å². The molecular weight excluding hydrogens is 214 g/mol. The van der Waals surface area contributed by atoms with Crippen molar-refractivity contribution in [3.8, 4) is 5.69 Å². The van der Waals surface area contributed by atoms with Gasteiger partial charge in [0, 0.05) is 25.4 Å². The van der Waals surface area contributed by atoms with E-state index in [-0.39, 0.29) is 0 Å². The lowest BCUT2D eigenvalue weighted by Crippen LogP contribution is -2.30. The third kappa shape index (κ3) is 2.84. The van der Waals surface area contributed by atoms with E-state index in [4.69, 9.17) is 5.73 Å². The van der Waals surface area contributed by atoms with Gasteiger partial charge in [-0.15, -0.1) is 0 Å². The van der Waals surface area contributed by atoms with E-state index in [0.717, 1.165) is 11.3 Å². The summed E-state index contributed by atoms with van der Waals surface area (Å²) in [6.07, 6.45) is 3.77. The zero-order valence-corrected chi connectivity index (χ0v) is 9.67. The summed E-state index contributed by atoms with van der Waals surface area (Å²) in [5.74, 6) is 0.428. The van der Waals surface area contributed by atoms with Crippen LogP contribution in [0.15, 0.2) is 47.7 Å². The number of rotatable bonds is 3. The van der Waals surface area contributed by atoms with Crippen LogP contribution in [-0.2, 0) is 6.54 Å². The van der Waals surface area contributed by atoms with Crippen LogP contribution >= 0.6 is 0 Å². The van der Waals surface area contributed by atoms with E-state index in [0.29, 0.717) is 12.5 Å². The number of guanidine groups is 1. The molecule has 0 aliphatic carbocycles. The molecule has 1 heterocycles. The first-order valence-electron chi connectivity index (χ1n) is 5.34. The molecule has 0 fully saturated rings. The van der Waals surface area contributed by atoms with Crippen molar-refractivity contribution in [3.63, 3.8) is 0 Å². The second-order valence-corrected chi connectivity index (χ2v) is 3.59. The van der Waals surface area contributed by atoms with Crippen LogP contribution in [-0.4, -0.2) is 22.8 Å². The molecule has 3 N–H and O–H groups in total. The van der Waals surface area contributed by atoms with Crippen molar-refractivity contribution in [2.24, 2.45) is 10.7 Å². The van der Waals surface area contributed by atoms with Crippen LogP contribution in [0.3, 0.4) is 0 Å². The van der Waals surface area contributed by atoms with Gasteiger partial charge in [-0.2, -0.15) is 5.10 Å². The van der Waals surface area contributed by atoms with Gasteiger partial charge < -0.3 is 11.1 Å². The molecule has 5 nitrogen and oxygen atoms in total. The van der Waals surface area contributed by atoms with Crippen molar-refractivity contribution in [1.82, 2.24) is 15.1 Å². The molecular formula is C12H15N5. The first kappa shape index (κ1) is 11.2. The SMILES string of the molecule is CN=C(N)NCc1cnn(-c2ccccc2)c1. The number of aromatic nitrogens is 2. The molecule has 0 saturated carbocycles. The van der Waals surface area contributed by atoms with Gasteiger partial charge in [-0.25, -0.2) is 4.68 Å². The maximum Gasteiger partial charge on any atom is 0.188 e. The Labute approximate surface area is 100.0 Å². The zero-order valence-electron chi connectivity index (χ0n) is 9.67. The highest BCUT2D eigenvalue weighted by atomic mass is 15.3. The highest BCUT2D eigenvalue weighted by molar-refractivity contribution is 5.77. The Morgan fingerprint density at radius 1 is 1.41 bits per heavy atom. The van der Waals surface area contributed by atoms with Crippen molar-refractivity contribution in [2.45, 2.75) is 6.54 Å². The maximum atomic E-state index is 5.55. The third-order valence-electron chi connectivity index (χ3n) is 2.37. The molecule has 0 aliphatic heterocycles. The van der Waals surface area contributed by atoms with Crippen LogP contribution in [0, 0.1) is 0 Å². The number of nitrogens with two attached hydrogens (primary N) is 1. The smallest absolute Gasteiger partial charge is 0.188 e. The highest BCUT2D eigenvalue weighted by Crippen LogP contribution is 2.07. The number of benzene rings is 1. The van der Waals surface area contributed by atoms with Gasteiger partial charge in [0.1, 0.15) is 0 Å². The summed E-state index contributed by atoms with van der Waals surface area (Å²) in [7, 11) is 1.65. The van der Waals surface area contributed by atoms with Crippen molar-refractivity contribution in [2.75, 3.05) is 7.05 Å². The van der Waals surface area contributed by atoms with E-state index in [1.165, 1.54) is 0 Å². The van der Waals surface area contributed by atoms with Gasteiger partial charge in [-0.1, -0.05) is 18.2 Å². The van der Waals surface area contributed by atoms with E-state index in [1.54, 1.807) is 7.05 Å². The lowest BCUT2D eigenvalue weighted by Gasteiger charge is -2.02. The van der Waals surface area contributed by atoms with Crippen LogP contribution in [0.25, 0.3) is 5.69 Å². The van der Waals surface area contributed by atoms with Crippen LogP contribution in [0.1, 0.15) is 5.56 Å². The summed E-state index contributed by atoms with van der Waals surface area (Å²) in [5.41, 5.74) is 7.64. The minimum Gasteiger partial charge on any atom is -0.370 e. The minimum absolute atomic E-state index is 0.428. The summed E-state index contributed by atoms with van der Waals surface area (Å²) in [6, 6.07) is 9.96. The number of hydrogen-bond acceptors (Lipinski definition) is 2. The van der Waals surface area contributed by atoms with E-state index in [1.807, 2.05) is 47.4 Å². The Kier molecular flexibility index (Phi) is 3.40. The average Bonchev–Trinajstić information content (AvgIpc) is 2.86. The van der Waals surface area contributed by atoms with Gasteiger partial charge in [0.25, 0.3) is 0 Å². The van der Waals surface area contributed by atoms with Crippen molar-refractivity contribution in [1.29, 1.82) is 0 Å². The molecule has 17 heavy (non-hydrogen) atoms. The largest absolute Gasteiger partial charge is 0.370 e. The second-order valence-electron chi connectivity index (χ2n) is 3.59. The highest BCUT2D eigenvalue weighted by Gasteiger charge is 2.00. The zero-order chi connectivity index (χ0) is 12.1. The van der Waals surface area contributed by atoms with Crippen molar-refractivity contribution >= 4 is 5.96 Å². The predicted molar refractivity (Wildman–Crippen MR) is 68.0 cm³/mol. The molecule has 2 rings (SSSR count). The summed E-state index contributed by atoms with van der Waals surface area (Å²) < 4.78 is 1.83. The summed E-state index contributed by atoms with van der Waals surface area (Å²) in [4.78, 5) is 3.82. The van der Waals surface area contributed by atoms with Crippen LogP contribution in [0.2, 0.25) is 0 Å². The molecule has 0 unspecified atom stereocenters.